The Morgan fingerprint density at radius 1 is 1.30 bits per heavy atom. The fraction of sp³-hybridized carbons (Fsp3) is 0.385. The number of ether oxygens (including phenoxy) is 1. The number of allylic oxidation sites excluding steroid dienone is 2. The molecule has 0 saturated carbocycles. The smallest absolute Gasteiger partial charge is 0.429 e. The lowest BCUT2D eigenvalue weighted by molar-refractivity contribution is -0.198. The van der Waals surface area contributed by atoms with Crippen LogP contribution in [-0.2, 0) is 4.79 Å². The van der Waals surface area contributed by atoms with E-state index in [1.165, 1.54) is 28.9 Å². The van der Waals surface area contributed by atoms with E-state index >= 15 is 0 Å². The molecule has 2 aliphatic rings. The number of halogens is 5. The van der Waals surface area contributed by atoms with Crippen LogP contribution in [-0.4, -0.2) is 49.6 Å². The Bertz CT molecular complexity index is 1450. The Balaban J connectivity index is 0.00000370. The zero-order valence-electron chi connectivity index (χ0n) is 21.3. The zero-order chi connectivity index (χ0) is 27.9. The van der Waals surface area contributed by atoms with E-state index in [1.54, 1.807) is 19.2 Å². The molecule has 9 nitrogen and oxygen atoms in total. The summed E-state index contributed by atoms with van der Waals surface area (Å²) < 4.78 is 49.9. The van der Waals surface area contributed by atoms with E-state index < -0.39 is 24.3 Å². The van der Waals surface area contributed by atoms with Gasteiger partial charge in [0.1, 0.15) is 6.04 Å². The van der Waals surface area contributed by atoms with Crippen LogP contribution in [0.5, 0.6) is 5.88 Å². The molecule has 1 fully saturated rings. The first-order valence-corrected chi connectivity index (χ1v) is 12.7. The molecule has 5 rings (SSSR count). The first kappa shape index (κ1) is 29.6. The molecule has 0 amide bonds. The Kier molecular flexibility index (Phi) is 8.34. The van der Waals surface area contributed by atoms with Crippen molar-refractivity contribution in [2.45, 2.75) is 50.9 Å². The molecule has 3 heterocycles. The third-order valence-electron chi connectivity index (χ3n) is 7.19. The lowest BCUT2D eigenvalue weighted by Gasteiger charge is -2.31. The van der Waals surface area contributed by atoms with Crippen LogP contribution >= 0.6 is 24.0 Å². The Hall–Kier alpha value is -3.35. The van der Waals surface area contributed by atoms with E-state index in [-0.39, 0.29) is 45.9 Å². The average molecular weight is 599 g/mol. The van der Waals surface area contributed by atoms with Gasteiger partial charge in [-0.05, 0) is 61.8 Å². The van der Waals surface area contributed by atoms with Crippen LogP contribution in [0.2, 0.25) is 5.02 Å². The van der Waals surface area contributed by atoms with Crippen molar-refractivity contribution in [1.29, 1.82) is 0 Å². The van der Waals surface area contributed by atoms with Crippen LogP contribution in [0.25, 0.3) is 11.3 Å². The van der Waals surface area contributed by atoms with Crippen LogP contribution in [0.1, 0.15) is 48.7 Å². The summed E-state index contributed by atoms with van der Waals surface area (Å²) in [5.41, 5.74) is 7.40. The molecule has 1 saturated heterocycles. The third-order valence-corrected chi connectivity index (χ3v) is 7.43. The number of hydrogen-bond donors (Lipinski definition) is 3. The van der Waals surface area contributed by atoms with Crippen LogP contribution < -0.4 is 15.8 Å². The first-order chi connectivity index (χ1) is 18.4. The largest absolute Gasteiger partial charge is 0.480 e. The molecule has 3 atom stereocenters. The van der Waals surface area contributed by atoms with Crippen molar-refractivity contribution in [3.05, 3.63) is 64.6 Å². The lowest BCUT2D eigenvalue weighted by Crippen LogP contribution is -2.30. The molecule has 214 valence electrons. The van der Waals surface area contributed by atoms with Crippen molar-refractivity contribution in [3.8, 4) is 11.6 Å². The first-order valence-electron chi connectivity index (χ1n) is 12.3. The number of aryl methyl sites for hydroxylation is 1. The second-order valence-electron chi connectivity index (χ2n) is 10.0. The second-order valence-corrected chi connectivity index (χ2v) is 10.4. The minimum Gasteiger partial charge on any atom is -0.480 e. The molecule has 40 heavy (non-hydrogen) atoms. The SMILES string of the molecule is Cc1ccn(-c2cc(Cl)ccc2[C@@H](Oc2cc(C3=CC[C@]4(CC3)CN[C@H](C(=O)O)C4)nc(N)n2)C(F)(F)F)n1.Cl. The van der Waals surface area contributed by atoms with Crippen molar-refractivity contribution in [2.24, 2.45) is 5.41 Å². The molecule has 1 aliphatic heterocycles. The molecule has 1 aromatic carbocycles. The maximum atomic E-state index is 14.4. The number of nitrogens with one attached hydrogen (secondary N) is 1. The summed E-state index contributed by atoms with van der Waals surface area (Å²) in [6.45, 7) is 2.31. The number of aromatic nitrogens is 4. The number of rotatable bonds is 6. The minimum absolute atomic E-state index is 0. The highest BCUT2D eigenvalue weighted by Crippen LogP contribution is 2.45. The fourth-order valence-electron chi connectivity index (χ4n) is 5.20. The number of carbonyl (C=O) groups is 1. The van der Waals surface area contributed by atoms with Crippen molar-refractivity contribution in [3.63, 3.8) is 0 Å². The van der Waals surface area contributed by atoms with E-state index in [9.17, 15) is 23.1 Å². The van der Waals surface area contributed by atoms with Gasteiger partial charge in [0.2, 0.25) is 17.9 Å². The van der Waals surface area contributed by atoms with Gasteiger partial charge < -0.3 is 20.9 Å². The van der Waals surface area contributed by atoms with Crippen molar-refractivity contribution < 1.29 is 27.8 Å². The molecule has 2 aromatic heterocycles. The van der Waals surface area contributed by atoms with Gasteiger partial charge in [-0.2, -0.15) is 23.3 Å². The number of nitrogens with two attached hydrogens (primary N) is 1. The normalized spacial score (nSPS) is 21.5. The number of hydrogen-bond acceptors (Lipinski definition) is 7. The summed E-state index contributed by atoms with van der Waals surface area (Å²) >= 11 is 6.11. The number of alkyl halides is 3. The van der Waals surface area contributed by atoms with Gasteiger partial charge in [-0.1, -0.05) is 23.7 Å². The van der Waals surface area contributed by atoms with E-state index in [4.69, 9.17) is 22.1 Å². The summed E-state index contributed by atoms with van der Waals surface area (Å²) in [6, 6.07) is 6.42. The van der Waals surface area contributed by atoms with Gasteiger partial charge in [0.05, 0.1) is 17.1 Å². The predicted octanol–water partition coefficient (Wildman–Crippen LogP) is 5.31. The number of nitrogen functional groups attached to an aromatic ring is 1. The number of carboxylic acids is 1. The molecule has 0 unspecified atom stereocenters. The van der Waals surface area contributed by atoms with Crippen molar-refractivity contribution in [2.75, 3.05) is 12.3 Å². The highest BCUT2D eigenvalue weighted by atomic mass is 35.5. The van der Waals surface area contributed by atoms with E-state index in [0.29, 0.717) is 43.6 Å². The maximum absolute atomic E-state index is 14.4. The number of nitrogens with zero attached hydrogens (tertiary/aromatic N) is 4. The Morgan fingerprint density at radius 2 is 2.08 bits per heavy atom. The van der Waals surface area contributed by atoms with Gasteiger partial charge in [0.15, 0.2) is 0 Å². The van der Waals surface area contributed by atoms with Crippen LogP contribution in [0.4, 0.5) is 19.1 Å². The predicted molar refractivity (Wildman–Crippen MR) is 145 cm³/mol. The average Bonchev–Trinajstić information content (AvgIpc) is 3.49. The van der Waals surface area contributed by atoms with Crippen LogP contribution in [0.15, 0.2) is 42.6 Å². The molecule has 4 N–H and O–H groups in total. The molecule has 1 spiro atoms. The Morgan fingerprint density at radius 3 is 2.67 bits per heavy atom. The van der Waals surface area contributed by atoms with Crippen LogP contribution in [0.3, 0.4) is 0 Å². The van der Waals surface area contributed by atoms with Crippen molar-refractivity contribution >= 4 is 41.5 Å². The summed E-state index contributed by atoms with van der Waals surface area (Å²) in [4.78, 5) is 19.5. The number of carboxylic acid groups (broad SMARTS) is 1. The molecule has 3 aromatic rings. The molecular formula is C26H27Cl2F3N6O3. The quantitative estimate of drug-likeness (QED) is 0.348. The monoisotopic (exact) mass is 598 g/mol. The van der Waals surface area contributed by atoms with E-state index in [2.05, 4.69) is 20.4 Å². The van der Waals surface area contributed by atoms with Crippen LogP contribution in [0, 0.1) is 12.3 Å². The summed E-state index contributed by atoms with van der Waals surface area (Å²) in [5, 5.41) is 16.8. The number of aliphatic carboxylic acids is 1. The minimum atomic E-state index is -4.81. The fourth-order valence-corrected chi connectivity index (χ4v) is 5.36. The lowest BCUT2D eigenvalue weighted by atomic mass is 9.73. The second kappa shape index (κ2) is 11.3. The highest BCUT2D eigenvalue weighted by molar-refractivity contribution is 6.30. The molecule has 0 bridgehead atoms. The maximum Gasteiger partial charge on any atom is 0.429 e. The Labute approximate surface area is 239 Å². The summed E-state index contributed by atoms with van der Waals surface area (Å²) in [6.07, 6.45) is -1.32. The number of benzene rings is 1. The van der Waals surface area contributed by atoms with Gasteiger partial charge in [-0.3, -0.25) is 4.79 Å². The van der Waals surface area contributed by atoms with Gasteiger partial charge in [-0.15, -0.1) is 12.4 Å². The van der Waals surface area contributed by atoms with Gasteiger partial charge in [0.25, 0.3) is 0 Å². The summed E-state index contributed by atoms with van der Waals surface area (Å²) in [7, 11) is 0. The van der Waals surface area contributed by atoms with Gasteiger partial charge in [0, 0.05) is 29.4 Å². The third kappa shape index (κ3) is 6.18. The van der Waals surface area contributed by atoms with Gasteiger partial charge >= 0.3 is 12.1 Å². The molecule has 14 heteroatoms. The highest BCUT2D eigenvalue weighted by Gasteiger charge is 2.45. The standard InChI is InChI=1S/C26H26ClF3N6O3.ClH/c1-14-6-9-36(35-14)20-10-16(27)2-3-17(20)22(26(28,29)30)39-21-11-18(33-24(31)34-21)15-4-7-25(8-5-15)12-19(23(37)38)32-13-25;/h2-4,6,9-11,19,22,32H,5,7-8,12-13H2,1H3,(H,37,38)(H2,31,33,34);1H/t19-,22+,25+;/m0./s1. The summed E-state index contributed by atoms with van der Waals surface area (Å²) in [5.74, 6) is -1.43. The van der Waals surface area contributed by atoms with E-state index in [1.807, 2.05) is 6.08 Å². The van der Waals surface area contributed by atoms with Crippen molar-refractivity contribution in [1.82, 2.24) is 25.1 Å². The van der Waals surface area contributed by atoms with Gasteiger partial charge in [-0.25, -0.2) is 9.67 Å². The molecule has 1 aliphatic carbocycles. The number of anilines is 1. The topological polar surface area (TPSA) is 128 Å². The van der Waals surface area contributed by atoms with E-state index in [0.717, 1.165) is 5.57 Å². The molecule has 0 radical (unpaired) electrons. The zero-order valence-corrected chi connectivity index (χ0v) is 22.9. The molecular weight excluding hydrogens is 572 g/mol.